The number of amidine groups is 1. The SMILES string of the molecule is Cc1cccc(C=C2SC(=Nc3ccccc3)N(CCc3c[nH]c4ccccc34)C2=O)c1. The van der Waals surface area contributed by atoms with Gasteiger partial charge in [-0.25, -0.2) is 4.99 Å². The topological polar surface area (TPSA) is 48.5 Å². The smallest absolute Gasteiger partial charge is 0.266 e. The van der Waals surface area contributed by atoms with Crippen molar-refractivity contribution in [2.24, 2.45) is 4.99 Å². The zero-order chi connectivity index (χ0) is 21.9. The van der Waals surface area contributed by atoms with Crippen LogP contribution >= 0.6 is 11.8 Å². The minimum absolute atomic E-state index is 0.00558. The number of nitrogens with zero attached hydrogens (tertiary/aromatic N) is 2. The van der Waals surface area contributed by atoms with Gasteiger partial charge in [-0.1, -0.05) is 66.2 Å². The quantitative estimate of drug-likeness (QED) is 0.371. The molecular weight excluding hydrogens is 414 g/mol. The first kappa shape index (κ1) is 20.3. The Morgan fingerprint density at radius 1 is 1.00 bits per heavy atom. The molecule has 0 aliphatic carbocycles. The third kappa shape index (κ3) is 4.25. The normalized spacial score (nSPS) is 16.5. The van der Waals surface area contributed by atoms with Crippen LogP contribution in [-0.2, 0) is 11.2 Å². The molecule has 4 aromatic rings. The highest BCUT2D eigenvalue weighted by molar-refractivity contribution is 8.18. The van der Waals surface area contributed by atoms with E-state index in [0.717, 1.165) is 28.4 Å². The fraction of sp³-hybridized carbons (Fsp3) is 0.111. The number of aromatic nitrogens is 1. The lowest BCUT2D eigenvalue weighted by molar-refractivity contribution is -0.122. The molecule has 158 valence electrons. The van der Waals surface area contributed by atoms with E-state index in [0.29, 0.717) is 11.4 Å². The molecule has 0 saturated carbocycles. The number of aliphatic imine (C=N–C) groups is 1. The van der Waals surface area contributed by atoms with E-state index in [1.54, 1.807) is 4.90 Å². The van der Waals surface area contributed by atoms with E-state index in [4.69, 9.17) is 4.99 Å². The Labute approximate surface area is 191 Å². The van der Waals surface area contributed by atoms with Crippen LogP contribution in [0.1, 0.15) is 16.7 Å². The van der Waals surface area contributed by atoms with E-state index in [9.17, 15) is 4.79 Å². The summed E-state index contributed by atoms with van der Waals surface area (Å²) in [6, 6.07) is 26.2. The van der Waals surface area contributed by atoms with Crippen molar-refractivity contribution in [1.29, 1.82) is 0 Å². The molecule has 1 aromatic heterocycles. The number of thioether (sulfide) groups is 1. The summed E-state index contributed by atoms with van der Waals surface area (Å²) in [6.45, 7) is 2.63. The third-order valence-corrected chi connectivity index (χ3v) is 6.50. The largest absolute Gasteiger partial charge is 0.361 e. The monoisotopic (exact) mass is 437 g/mol. The number of benzene rings is 3. The molecule has 1 N–H and O–H groups in total. The molecule has 1 fully saturated rings. The molecule has 5 rings (SSSR count). The fourth-order valence-electron chi connectivity index (χ4n) is 3.88. The molecule has 3 aromatic carbocycles. The zero-order valence-corrected chi connectivity index (χ0v) is 18.6. The lowest BCUT2D eigenvalue weighted by Crippen LogP contribution is -2.31. The van der Waals surface area contributed by atoms with Crippen LogP contribution in [0.2, 0.25) is 0 Å². The number of para-hydroxylation sites is 2. The maximum Gasteiger partial charge on any atom is 0.266 e. The van der Waals surface area contributed by atoms with Gasteiger partial charge in [0.25, 0.3) is 5.91 Å². The summed E-state index contributed by atoms with van der Waals surface area (Å²) >= 11 is 1.44. The second-order valence-corrected chi connectivity index (χ2v) is 8.83. The first-order valence-electron chi connectivity index (χ1n) is 10.6. The highest BCUT2D eigenvalue weighted by Gasteiger charge is 2.33. The number of aryl methyl sites for hydroxylation is 1. The maximum absolute atomic E-state index is 13.4. The van der Waals surface area contributed by atoms with Gasteiger partial charge in [0.1, 0.15) is 0 Å². The Morgan fingerprint density at radius 2 is 1.81 bits per heavy atom. The molecule has 1 saturated heterocycles. The van der Waals surface area contributed by atoms with Crippen molar-refractivity contribution in [2.75, 3.05) is 6.54 Å². The second-order valence-electron chi connectivity index (χ2n) is 7.82. The molecule has 2 heterocycles. The van der Waals surface area contributed by atoms with Gasteiger partial charge in [0.05, 0.1) is 10.6 Å². The average molecular weight is 438 g/mol. The van der Waals surface area contributed by atoms with Gasteiger partial charge in [-0.05, 0) is 60.5 Å². The second kappa shape index (κ2) is 8.89. The number of fused-ring (bicyclic) bond motifs is 1. The van der Waals surface area contributed by atoms with Crippen molar-refractivity contribution >= 4 is 45.5 Å². The van der Waals surface area contributed by atoms with Crippen molar-refractivity contribution < 1.29 is 4.79 Å². The molecule has 0 bridgehead atoms. The maximum atomic E-state index is 13.4. The summed E-state index contributed by atoms with van der Waals surface area (Å²) in [5.74, 6) is 0.00558. The Morgan fingerprint density at radius 3 is 2.66 bits per heavy atom. The van der Waals surface area contributed by atoms with E-state index in [1.165, 1.54) is 28.3 Å². The van der Waals surface area contributed by atoms with E-state index in [-0.39, 0.29) is 5.91 Å². The van der Waals surface area contributed by atoms with Crippen molar-refractivity contribution in [3.8, 4) is 0 Å². The molecule has 1 aliphatic heterocycles. The van der Waals surface area contributed by atoms with E-state index in [1.807, 2.05) is 66.9 Å². The Hall–Kier alpha value is -3.57. The predicted molar refractivity (Wildman–Crippen MR) is 134 cm³/mol. The Balaban J connectivity index is 1.45. The van der Waals surface area contributed by atoms with Crippen molar-refractivity contribution in [3.05, 3.63) is 107 Å². The van der Waals surface area contributed by atoms with Gasteiger partial charge in [0.15, 0.2) is 5.17 Å². The average Bonchev–Trinajstić information content (AvgIpc) is 3.34. The van der Waals surface area contributed by atoms with Crippen LogP contribution in [0.25, 0.3) is 17.0 Å². The molecule has 0 unspecified atom stereocenters. The van der Waals surface area contributed by atoms with Gasteiger partial charge in [0, 0.05) is 23.6 Å². The standard InChI is InChI=1S/C27H23N3OS/c1-19-8-7-9-20(16-19)17-25-26(31)30(27(32-25)29-22-10-3-2-4-11-22)15-14-21-18-28-24-13-6-5-12-23(21)24/h2-13,16-18,28H,14-15H2,1H3. The lowest BCUT2D eigenvalue weighted by Gasteiger charge is -2.15. The van der Waals surface area contributed by atoms with Gasteiger partial charge < -0.3 is 4.98 Å². The molecule has 0 atom stereocenters. The summed E-state index contributed by atoms with van der Waals surface area (Å²) < 4.78 is 0. The van der Waals surface area contributed by atoms with Crippen molar-refractivity contribution in [1.82, 2.24) is 9.88 Å². The Bertz CT molecular complexity index is 1340. The summed E-state index contributed by atoms with van der Waals surface area (Å²) in [5.41, 5.74) is 5.36. The van der Waals surface area contributed by atoms with Crippen molar-refractivity contribution in [2.45, 2.75) is 13.3 Å². The number of hydrogen-bond acceptors (Lipinski definition) is 3. The molecule has 1 aliphatic rings. The molecular formula is C27H23N3OS. The first-order chi connectivity index (χ1) is 15.7. The van der Waals surface area contributed by atoms with Crippen LogP contribution in [0, 0.1) is 6.92 Å². The number of aromatic amines is 1. The first-order valence-corrected chi connectivity index (χ1v) is 11.5. The molecule has 1 amide bonds. The van der Waals surface area contributed by atoms with E-state index in [2.05, 4.69) is 36.2 Å². The molecule has 0 spiro atoms. The number of rotatable bonds is 5. The number of amides is 1. The van der Waals surface area contributed by atoms with Gasteiger partial charge in [0.2, 0.25) is 0 Å². The molecule has 32 heavy (non-hydrogen) atoms. The molecule has 5 heteroatoms. The summed E-state index contributed by atoms with van der Waals surface area (Å²) in [5, 5.41) is 1.92. The molecule has 0 radical (unpaired) electrons. The highest BCUT2D eigenvalue weighted by Crippen LogP contribution is 2.34. The van der Waals surface area contributed by atoms with Crippen LogP contribution in [-0.4, -0.2) is 27.5 Å². The van der Waals surface area contributed by atoms with Crippen LogP contribution < -0.4 is 0 Å². The van der Waals surface area contributed by atoms with Crippen LogP contribution in [0.4, 0.5) is 5.69 Å². The number of nitrogens with one attached hydrogen (secondary N) is 1. The summed E-state index contributed by atoms with van der Waals surface area (Å²) in [7, 11) is 0. The number of H-pyrrole nitrogens is 1. The van der Waals surface area contributed by atoms with E-state index >= 15 is 0 Å². The summed E-state index contributed by atoms with van der Waals surface area (Å²) in [6.07, 6.45) is 4.75. The van der Waals surface area contributed by atoms with Crippen LogP contribution in [0.5, 0.6) is 0 Å². The Kier molecular flexibility index (Phi) is 5.65. The van der Waals surface area contributed by atoms with E-state index < -0.39 is 0 Å². The third-order valence-electron chi connectivity index (χ3n) is 5.49. The minimum atomic E-state index is 0.00558. The molecule has 4 nitrogen and oxygen atoms in total. The number of carbonyl (C=O) groups excluding carboxylic acids is 1. The predicted octanol–water partition coefficient (Wildman–Crippen LogP) is 6.32. The lowest BCUT2D eigenvalue weighted by atomic mass is 10.1. The van der Waals surface area contributed by atoms with Gasteiger partial charge >= 0.3 is 0 Å². The van der Waals surface area contributed by atoms with Crippen LogP contribution in [0.3, 0.4) is 0 Å². The highest BCUT2D eigenvalue weighted by atomic mass is 32.2. The number of hydrogen-bond donors (Lipinski definition) is 1. The van der Waals surface area contributed by atoms with Gasteiger partial charge in [-0.15, -0.1) is 0 Å². The van der Waals surface area contributed by atoms with Gasteiger partial charge in [-0.3, -0.25) is 9.69 Å². The minimum Gasteiger partial charge on any atom is -0.361 e. The van der Waals surface area contributed by atoms with Gasteiger partial charge in [-0.2, -0.15) is 0 Å². The van der Waals surface area contributed by atoms with Crippen molar-refractivity contribution in [3.63, 3.8) is 0 Å². The zero-order valence-electron chi connectivity index (χ0n) is 17.8. The summed E-state index contributed by atoms with van der Waals surface area (Å²) in [4.78, 5) is 24.0. The number of carbonyl (C=O) groups is 1. The fourth-order valence-corrected chi connectivity index (χ4v) is 4.91. The van der Waals surface area contributed by atoms with Crippen LogP contribution in [0.15, 0.2) is 95.0 Å².